The molecule has 1 atom stereocenters. The van der Waals surface area contributed by atoms with Gasteiger partial charge in [-0.1, -0.05) is 30.3 Å². The molecule has 6 heteroatoms. The van der Waals surface area contributed by atoms with E-state index in [0.29, 0.717) is 0 Å². The lowest BCUT2D eigenvalue weighted by atomic mass is 10.1. The van der Waals surface area contributed by atoms with Gasteiger partial charge in [-0.15, -0.1) is 0 Å². The Hall–Kier alpha value is -2.44. The number of hydrogen-bond donors (Lipinski definition) is 3. The predicted octanol–water partition coefficient (Wildman–Crippen LogP) is 1.63. The molecule has 0 unspecified atom stereocenters. The van der Waals surface area contributed by atoms with Crippen LogP contribution in [0.3, 0.4) is 0 Å². The van der Waals surface area contributed by atoms with Crippen LogP contribution >= 0.6 is 0 Å². The van der Waals surface area contributed by atoms with Crippen LogP contribution < -0.4 is 15.8 Å². The molecule has 0 saturated heterocycles. The van der Waals surface area contributed by atoms with Crippen molar-refractivity contribution in [2.24, 2.45) is 5.73 Å². The van der Waals surface area contributed by atoms with Gasteiger partial charge in [0, 0.05) is 6.54 Å². The summed E-state index contributed by atoms with van der Waals surface area (Å²) < 4.78 is 18.8. The number of nitrogens with one attached hydrogen (secondary N) is 1. The van der Waals surface area contributed by atoms with Crippen LogP contribution in [-0.4, -0.2) is 30.8 Å². The van der Waals surface area contributed by atoms with Gasteiger partial charge in [-0.05, 0) is 23.8 Å². The Bertz CT molecular complexity index is 650. The van der Waals surface area contributed by atoms with E-state index in [-0.39, 0.29) is 31.1 Å². The summed E-state index contributed by atoms with van der Waals surface area (Å²) in [5.41, 5.74) is 6.19. The average Bonchev–Trinajstić information content (AvgIpc) is 2.59. The first kappa shape index (κ1) is 16.9. The van der Waals surface area contributed by atoms with Crippen molar-refractivity contribution in [1.82, 2.24) is 5.32 Å². The number of benzene rings is 2. The van der Waals surface area contributed by atoms with Crippen molar-refractivity contribution in [2.75, 3.05) is 19.8 Å². The summed E-state index contributed by atoms with van der Waals surface area (Å²) in [6, 6.07) is 12.1. The predicted molar refractivity (Wildman–Crippen MR) is 84.7 cm³/mol. The molecule has 0 radical (unpaired) electrons. The number of nitrogens with two attached hydrogens (primary N) is 1. The van der Waals surface area contributed by atoms with E-state index in [1.165, 1.54) is 12.1 Å². The zero-order valence-electron chi connectivity index (χ0n) is 12.5. The molecule has 0 saturated carbocycles. The van der Waals surface area contributed by atoms with Crippen molar-refractivity contribution < 1.29 is 19.0 Å². The minimum Gasteiger partial charge on any atom is -0.491 e. The highest BCUT2D eigenvalue weighted by Crippen LogP contribution is 2.21. The summed E-state index contributed by atoms with van der Waals surface area (Å²) in [4.78, 5) is 12.4. The summed E-state index contributed by atoms with van der Waals surface area (Å²) >= 11 is 0. The van der Waals surface area contributed by atoms with Gasteiger partial charge < -0.3 is 20.9 Å². The van der Waals surface area contributed by atoms with Gasteiger partial charge in [-0.2, -0.15) is 0 Å². The second-order valence-corrected chi connectivity index (χ2v) is 4.90. The van der Waals surface area contributed by atoms with E-state index in [0.717, 1.165) is 11.6 Å². The molecule has 0 aliphatic heterocycles. The van der Waals surface area contributed by atoms with Crippen molar-refractivity contribution in [3.63, 3.8) is 0 Å². The van der Waals surface area contributed by atoms with Crippen LogP contribution in [0, 0.1) is 5.82 Å². The SMILES string of the molecule is NCCOc1ccc(F)cc1C(=O)N[C@@H](CO)c1ccccc1. The maximum absolute atomic E-state index is 13.5. The molecule has 2 aromatic carbocycles. The van der Waals surface area contributed by atoms with Gasteiger partial charge >= 0.3 is 0 Å². The average molecular weight is 318 g/mol. The van der Waals surface area contributed by atoms with E-state index in [9.17, 15) is 14.3 Å². The lowest BCUT2D eigenvalue weighted by Gasteiger charge is -2.18. The molecule has 2 rings (SSSR count). The molecule has 1 amide bonds. The lowest BCUT2D eigenvalue weighted by molar-refractivity contribution is 0.0911. The Kier molecular flexibility index (Phi) is 6.08. The minimum absolute atomic E-state index is 0.0628. The van der Waals surface area contributed by atoms with E-state index in [2.05, 4.69) is 5.32 Å². The summed E-state index contributed by atoms with van der Waals surface area (Å²) in [6.45, 7) is 0.222. The number of hydrogen-bond acceptors (Lipinski definition) is 4. The summed E-state index contributed by atoms with van der Waals surface area (Å²) in [6.07, 6.45) is 0. The Balaban J connectivity index is 2.20. The lowest BCUT2D eigenvalue weighted by Crippen LogP contribution is -2.31. The number of halogens is 1. The number of rotatable bonds is 7. The zero-order valence-corrected chi connectivity index (χ0v) is 12.5. The van der Waals surface area contributed by atoms with Gasteiger partial charge in [0.2, 0.25) is 0 Å². The largest absolute Gasteiger partial charge is 0.491 e. The molecular formula is C17H19FN2O3. The van der Waals surface area contributed by atoms with Crippen molar-refractivity contribution in [1.29, 1.82) is 0 Å². The second-order valence-electron chi connectivity index (χ2n) is 4.90. The standard InChI is InChI=1S/C17H19FN2O3/c18-13-6-7-16(23-9-8-19)14(10-13)17(22)20-15(11-21)12-4-2-1-3-5-12/h1-7,10,15,21H,8-9,11,19H2,(H,20,22)/t15-/m0/s1. The molecule has 0 aliphatic carbocycles. The van der Waals surface area contributed by atoms with Crippen molar-refractivity contribution in [3.8, 4) is 5.75 Å². The third-order valence-electron chi connectivity index (χ3n) is 3.25. The van der Waals surface area contributed by atoms with E-state index in [4.69, 9.17) is 10.5 Å². The van der Waals surface area contributed by atoms with Crippen molar-refractivity contribution >= 4 is 5.91 Å². The molecule has 2 aromatic rings. The number of aliphatic hydroxyl groups is 1. The molecular weight excluding hydrogens is 299 g/mol. The van der Waals surface area contributed by atoms with Crippen LogP contribution in [0.1, 0.15) is 22.0 Å². The third kappa shape index (κ3) is 4.51. The quantitative estimate of drug-likeness (QED) is 0.724. The fraction of sp³-hybridized carbons (Fsp3) is 0.235. The van der Waals surface area contributed by atoms with E-state index >= 15 is 0 Å². The molecule has 122 valence electrons. The molecule has 0 bridgehead atoms. The van der Waals surface area contributed by atoms with Gasteiger partial charge in [0.15, 0.2) is 0 Å². The summed E-state index contributed by atoms with van der Waals surface area (Å²) in [7, 11) is 0. The molecule has 0 spiro atoms. The van der Waals surface area contributed by atoms with Crippen molar-refractivity contribution in [2.45, 2.75) is 6.04 Å². The van der Waals surface area contributed by atoms with Gasteiger partial charge in [-0.25, -0.2) is 4.39 Å². The highest BCUT2D eigenvalue weighted by Gasteiger charge is 2.18. The van der Waals surface area contributed by atoms with Gasteiger partial charge in [0.1, 0.15) is 18.2 Å². The molecule has 5 nitrogen and oxygen atoms in total. The first-order valence-electron chi connectivity index (χ1n) is 7.24. The van der Waals surface area contributed by atoms with Crippen LogP contribution in [-0.2, 0) is 0 Å². The first-order valence-corrected chi connectivity index (χ1v) is 7.24. The molecule has 23 heavy (non-hydrogen) atoms. The van der Waals surface area contributed by atoms with Gasteiger partial charge in [0.05, 0.1) is 18.2 Å². The molecule has 4 N–H and O–H groups in total. The van der Waals surface area contributed by atoms with Crippen LogP contribution in [0.5, 0.6) is 5.75 Å². The van der Waals surface area contributed by atoms with Crippen LogP contribution in [0.15, 0.2) is 48.5 Å². The number of carbonyl (C=O) groups is 1. The zero-order chi connectivity index (χ0) is 16.7. The van der Waals surface area contributed by atoms with Crippen LogP contribution in [0.25, 0.3) is 0 Å². The van der Waals surface area contributed by atoms with Crippen LogP contribution in [0.2, 0.25) is 0 Å². The van der Waals surface area contributed by atoms with Gasteiger partial charge in [0.25, 0.3) is 5.91 Å². The Labute approximate surface area is 133 Å². The fourth-order valence-corrected chi connectivity index (χ4v) is 2.13. The van der Waals surface area contributed by atoms with E-state index in [1.807, 2.05) is 18.2 Å². The number of aliphatic hydroxyl groups excluding tert-OH is 1. The van der Waals surface area contributed by atoms with Gasteiger partial charge in [-0.3, -0.25) is 4.79 Å². The topological polar surface area (TPSA) is 84.6 Å². The van der Waals surface area contributed by atoms with Crippen LogP contribution in [0.4, 0.5) is 4.39 Å². The Morgan fingerprint density at radius 1 is 1.26 bits per heavy atom. The maximum Gasteiger partial charge on any atom is 0.255 e. The minimum atomic E-state index is -0.589. The molecule has 0 aromatic heterocycles. The summed E-state index contributed by atoms with van der Waals surface area (Å²) in [5.74, 6) is -0.825. The second kappa shape index (κ2) is 8.26. The number of ether oxygens (including phenoxy) is 1. The number of carbonyl (C=O) groups excluding carboxylic acids is 1. The summed E-state index contributed by atoms with van der Waals surface area (Å²) in [5, 5.41) is 12.2. The fourth-order valence-electron chi connectivity index (χ4n) is 2.13. The Morgan fingerprint density at radius 2 is 2.00 bits per heavy atom. The molecule has 0 aliphatic rings. The monoisotopic (exact) mass is 318 g/mol. The highest BCUT2D eigenvalue weighted by molar-refractivity contribution is 5.97. The Morgan fingerprint density at radius 3 is 2.65 bits per heavy atom. The van der Waals surface area contributed by atoms with E-state index < -0.39 is 17.8 Å². The normalized spacial score (nSPS) is 11.8. The first-order chi connectivity index (χ1) is 11.2. The molecule has 0 fully saturated rings. The molecule has 0 heterocycles. The number of amides is 1. The van der Waals surface area contributed by atoms with E-state index in [1.54, 1.807) is 12.1 Å². The third-order valence-corrected chi connectivity index (χ3v) is 3.25. The highest BCUT2D eigenvalue weighted by atomic mass is 19.1. The maximum atomic E-state index is 13.5. The van der Waals surface area contributed by atoms with Crippen molar-refractivity contribution in [3.05, 3.63) is 65.5 Å². The smallest absolute Gasteiger partial charge is 0.255 e.